The van der Waals surface area contributed by atoms with Crippen LogP contribution in [0.25, 0.3) is 0 Å². The Balaban J connectivity index is 2.39. The molecule has 0 spiro atoms. The van der Waals surface area contributed by atoms with Crippen molar-refractivity contribution in [3.63, 3.8) is 0 Å². The van der Waals surface area contributed by atoms with Crippen molar-refractivity contribution in [2.45, 2.75) is 37.5 Å². The SMILES string of the molecule is O=C(OCl)C(Cl)C1CCCCC1. The van der Waals surface area contributed by atoms with Gasteiger partial charge in [-0.15, -0.1) is 11.6 Å². The number of carbonyl (C=O) groups excluding carboxylic acids is 1. The van der Waals surface area contributed by atoms with E-state index in [2.05, 4.69) is 4.29 Å². The summed E-state index contributed by atoms with van der Waals surface area (Å²) in [7, 11) is 0. The number of alkyl halides is 1. The Morgan fingerprint density at radius 3 is 2.42 bits per heavy atom. The van der Waals surface area contributed by atoms with E-state index in [9.17, 15) is 4.79 Å². The number of hydrogen-bond acceptors (Lipinski definition) is 2. The van der Waals surface area contributed by atoms with Crippen molar-refractivity contribution in [3.05, 3.63) is 0 Å². The Morgan fingerprint density at radius 1 is 1.33 bits per heavy atom. The molecule has 4 heteroatoms. The maximum Gasteiger partial charge on any atom is 0.342 e. The van der Waals surface area contributed by atoms with Crippen LogP contribution in [0.4, 0.5) is 0 Å². The number of halogens is 2. The van der Waals surface area contributed by atoms with E-state index in [1.54, 1.807) is 0 Å². The molecule has 2 nitrogen and oxygen atoms in total. The number of carbonyl (C=O) groups is 1. The maximum absolute atomic E-state index is 10.9. The van der Waals surface area contributed by atoms with Gasteiger partial charge in [-0.05, 0) is 18.8 Å². The van der Waals surface area contributed by atoms with E-state index in [1.807, 2.05) is 0 Å². The third kappa shape index (κ3) is 2.53. The Labute approximate surface area is 82.3 Å². The van der Waals surface area contributed by atoms with Crippen LogP contribution in [0.15, 0.2) is 0 Å². The summed E-state index contributed by atoms with van der Waals surface area (Å²) < 4.78 is 4.07. The lowest BCUT2D eigenvalue weighted by molar-refractivity contribution is -0.134. The van der Waals surface area contributed by atoms with Crippen LogP contribution in [0.3, 0.4) is 0 Å². The molecular formula is C8H12Cl2O2. The molecule has 12 heavy (non-hydrogen) atoms. The molecule has 1 fully saturated rings. The molecule has 1 atom stereocenters. The Kier molecular flexibility index (Phi) is 4.16. The predicted octanol–water partition coefficient (Wildman–Crippen LogP) is 2.87. The first-order valence-corrected chi connectivity index (χ1v) is 4.96. The summed E-state index contributed by atoms with van der Waals surface area (Å²) in [6.45, 7) is 0. The fraction of sp³-hybridized carbons (Fsp3) is 0.875. The Bertz CT molecular complexity index is 155. The van der Waals surface area contributed by atoms with Gasteiger partial charge < -0.3 is 4.29 Å². The molecule has 0 amide bonds. The smallest absolute Gasteiger partial charge is 0.342 e. The van der Waals surface area contributed by atoms with Crippen LogP contribution in [-0.2, 0) is 9.08 Å². The van der Waals surface area contributed by atoms with Crippen LogP contribution >= 0.6 is 23.5 Å². The Morgan fingerprint density at radius 2 is 1.92 bits per heavy atom. The fourth-order valence-corrected chi connectivity index (χ4v) is 2.10. The standard InChI is InChI=1S/C8H12Cl2O2/c9-7(8(11)12-10)6-4-2-1-3-5-6/h6-7H,1-5H2. The molecule has 1 aliphatic carbocycles. The van der Waals surface area contributed by atoms with Crippen LogP contribution in [0.5, 0.6) is 0 Å². The van der Waals surface area contributed by atoms with Crippen molar-refractivity contribution in [2.24, 2.45) is 5.92 Å². The van der Waals surface area contributed by atoms with Crippen molar-refractivity contribution in [3.8, 4) is 0 Å². The monoisotopic (exact) mass is 210 g/mol. The van der Waals surface area contributed by atoms with E-state index in [1.165, 1.54) is 6.42 Å². The van der Waals surface area contributed by atoms with Gasteiger partial charge in [0.2, 0.25) is 0 Å². The molecule has 0 heterocycles. The molecule has 0 aromatic heterocycles. The molecule has 0 aromatic rings. The van der Waals surface area contributed by atoms with Crippen LogP contribution in [0.2, 0.25) is 0 Å². The van der Waals surface area contributed by atoms with Gasteiger partial charge in [-0.1, -0.05) is 19.3 Å². The molecule has 0 radical (unpaired) electrons. The minimum absolute atomic E-state index is 0.256. The summed E-state index contributed by atoms with van der Waals surface area (Å²) in [4.78, 5) is 10.9. The normalized spacial score (nSPS) is 21.8. The van der Waals surface area contributed by atoms with Gasteiger partial charge in [-0.2, -0.15) is 0 Å². The van der Waals surface area contributed by atoms with Crippen molar-refractivity contribution in [1.82, 2.24) is 0 Å². The minimum atomic E-state index is -0.553. The lowest BCUT2D eigenvalue weighted by Gasteiger charge is -2.23. The zero-order valence-electron chi connectivity index (χ0n) is 6.76. The third-order valence-electron chi connectivity index (χ3n) is 2.36. The second-order valence-corrected chi connectivity index (χ2v) is 3.82. The van der Waals surface area contributed by atoms with E-state index >= 15 is 0 Å². The van der Waals surface area contributed by atoms with Crippen molar-refractivity contribution in [1.29, 1.82) is 0 Å². The highest BCUT2D eigenvalue weighted by atomic mass is 35.5. The lowest BCUT2D eigenvalue weighted by atomic mass is 9.87. The van der Waals surface area contributed by atoms with Gasteiger partial charge in [-0.25, -0.2) is 4.79 Å². The average Bonchev–Trinajstić information content (AvgIpc) is 2.17. The molecule has 1 rings (SSSR count). The topological polar surface area (TPSA) is 26.3 Å². The first kappa shape index (κ1) is 10.1. The van der Waals surface area contributed by atoms with Crippen molar-refractivity contribution < 1.29 is 9.08 Å². The van der Waals surface area contributed by atoms with Gasteiger partial charge in [0.15, 0.2) is 0 Å². The summed E-state index contributed by atoms with van der Waals surface area (Å²) in [6.07, 6.45) is 5.59. The van der Waals surface area contributed by atoms with Crippen molar-refractivity contribution in [2.75, 3.05) is 0 Å². The van der Waals surface area contributed by atoms with Crippen LogP contribution < -0.4 is 0 Å². The van der Waals surface area contributed by atoms with Gasteiger partial charge in [0.25, 0.3) is 0 Å². The van der Waals surface area contributed by atoms with Crippen LogP contribution in [0, 0.1) is 5.92 Å². The van der Waals surface area contributed by atoms with E-state index in [4.69, 9.17) is 23.5 Å². The fourth-order valence-electron chi connectivity index (χ4n) is 1.66. The Hall–Kier alpha value is 0.0500. The third-order valence-corrected chi connectivity index (χ3v) is 3.05. The van der Waals surface area contributed by atoms with Crippen LogP contribution in [-0.4, -0.2) is 11.3 Å². The van der Waals surface area contributed by atoms with E-state index in [0.717, 1.165) is 25.7 Å². The first-order chi connectivity index (χ1) is 5.75. The summed E-state index contributed by atoms with van der Waals surface area (Å²) in [5, 5.41) is -0.553. The number of rotatable bonds is 2. The van der Waals surface area contributed by atoms with Gasteiger partial charge in [0, 0.05) is 0 Å². The van der Waals surface area contributed by atoms with E-state index in [-0.39, 0.29) is 5.92 Å². The van der Waals surface area contributed by atoms with Gasteiger partial charge in [-0.3, -0.25) is 0 Å². The summed E-state index contributed by atoms with van der Waals surface area (Å²) >= 11 is 10.8. The highest BCUT2D eigenvalue weighted by molar-refractivity contribution is 6.32. The molecule has 0 saturated heterocycles. The first-order valence-electron chi connectivity index (χ1n) is 4.22. The highest BCUT2D eigenvalue weighted by Gasteiger charge is 2.28. The van der Waals surface area contributed by atoms with Gasteiger partial charge >= 0.3 is 5.97 Å². The average molecular weight is 211 g/mol. The lowest BCUT2D eigenvalue weighted by Crippen LogP contribution is -2.26. The predicted molar refractivity (Wildman–Crippen MR) is 48.2 cm³/mol. The summed E-state index contributed by atoms with van der Waals surface area (Å²) in [5.41, 5.74) is 0. The molecule has 1 unspecified atom stereocenters. The molecule has 1 aliphatic rings. The molecule has 0 aromatic carbocycles. The second kappa shape index (κ2) is 4.93. The summed E-state index contributed by atoms with van der Waals surface area (Å²) in [5.74, 6) is -0.253. The number of hydrogen-bond donors (Lipinski definition) is 0. The quantitative estimate of drug-likeness (QED) is 0.656. The molecule has 1 saturated carbocycles. The van der Waals surface area contributed by atoms with E-state index in [0.29, 0.717) is 0 Å². The zero-order valence-corrected chi connectivity index (χ0v) is 8.27. The van der Waals surface area contributed by atoms with Crippen molar-refractivity contribution >= 4 is 29.4 Å². The molecular weight excluding hydrogens is 199 g/mol. The second-order valence-electron chi connectivity index (χ2n) is 3.20. The molecule has 0 N–H and O–H groups in total. The minimum Gasteiger partial charge on any atom is -0.346 e. The largest absolute Gasteiger partial charge is 0.346 e. The zero-order chi connectivity index (χ0) is 8.97. The summed E-state index contributed by atoms with van der Waals surface area (Å²) in [6, 6.07) is 0. The van der Waals surface area contributed by atoms with E-state index < -0.39 is 11.3 Å². The van der Waals surface area contributed by atoms with Crippen LogP contribution in [0.1, 0.15) is 32.1 Å². The molecule has 70 valence electrons. The molecule has 0 bridgehead atoms. The van der Waals surface area contributed by atoms with Gasteiger partial charge in [0.05, 0.1) is 0 Å². The molecule has 0 aliphatic heterocycles. The van der Waals surface area contributed by atoms with Gasteiger partial charge in [0.1, 0.15) is 17.2 Å². The maximum atomic E-state index is 10.9. The highest BCUT2D eigenvalue weighted by Crippen LogP contribution is 2.29.